The van der Waals surface area contributed by atoms with Crippen molar-refractivity contribution in [2.45, 2.75) is 76.3 Å². The molecule has 0 aromatic heterocycles. The summed E-state index contributed by atoms with van der Waals surface area (Å²) in [6.07, 6.45) is 21.4. The van der Waals surface area contributed by atoms with Crippen molar-refractivity contribution in [1.29, 1.82) is 0 Å². The number of hydrogen-bond donors (Lipinski definition) is 0. The summed E-state index contributed by atoms with van der Waals surface area (Å²) in [5.41, 5.74) is 8.84. The van der Waals surface area contributed by atoms with Crippen LogP contribution in [0.3, 0.4) is 0 Å². The largest absolute Gasteiger partial charge is 0.466 e. The number of fused-ring (bicyclic) bond motifs is 4. The molecule has 4 heterocycles. The van der Waals surface area contributed by atoms with E-state index in [-0.39, 0.29) is 17.8 Å². The highest BCUT2D eigenvalue weighted by molar-refractivity contribution is 6.07. The SMILES string of the molecule is CCOC(=O)C1CC=NC=CC2=C3CC(c4ccc5c(c4)C4CCN(CC)CC4N5CC)C=C4C=CC=CC43N=C2CC1. The normalized spacial score (nSPS) is 31.1. The molecule has 2 aliphatic carbocycles. The summed E-state index contributed by atoms with van der Waals surface area (Å²) in [4.78, 5) is 27.9. The molecule has 7 rings (SSSR count). The molecule has 0 amide bonds. The van der Waals surface area contributed by atoms with Crippen LogP contribution in [0.15, 0.2) is 87.6 Å². The maximum atomic E-state index is 12.7. The van der Waals surface area contributed by atoms with Gasteiger partial charge in [-0.3, -0.25) is 14.8 Å². The van der Waals surface area contributed by atoms with Gasteiger partial charge in [-0.2, -0.15) is 0 Å². The molecule has 1 saturated heterocycles. The second-order valence-corrected chi connectivity index (χ2v) is 12.7. The topological polar surface area (TPSA) is 57.5 Å². The van der Waals surface area contributed by atoms with Crippen molar-refractivity contribution < 1.29 is 9.53 Å². The number of carbonyl (C=O) groups excluding carboxylic acids is 1. The average Bonchev–Trinajstić information content (AvgIpc) is 3.52. The number of nitrogens with zero attached hydrogens (tertiary/aromatic N) is 4. The Balaban J connectivity index is 1.24. The van der Waals surface area contributed by atoms with Crippen molar-refractivity contribution in [1.82, 2.24) is 4.90 Å². The van der Waals surface area contributed by atoms with Crippen LogP contribution >= 0.6 is 0 Å². The quantitative estimate of drug-likeness (QED) is 0.367. The number of piperidine rings is 1. The molecule has 43 heavy (non-hydrogen) atoms. The van der Waals surface area contributed by atoms with Crippen LogP contribution in [0.1, 0.15) is 75.8 Å². The van der Waals surface area contributed by atoms with E-state index in [4.69, 9.17) is 9.73 Å². The van der Waals surface area contributed by atoms with Gasteiger partial charge in [-0.05, 0) is 105 Å². The van der Waals surface area contributed by atoms with Crippen LogP contribution in [-0.4, -0.2) is 67.2 Å². The molecule has 0 bridgehead atoms. The molecule has 6 heteroatoms. The molecule has 6 aliphatic rings. The van der Waals surface area contributed by atoms with E-state index in [9.17, 15) is 4.79 Å². The van der Waals surface area contributed by atoms with Crippen molar-refractivity contribution in [2.24, 2.45) is 15.9 Å². The standard InChI is InChI=1S/C37H44N4O2/c1-4-40-20-16-29-31-22-26(11-13-34(31)41(5-2)35(29)24-40)27-21-28-9-7-8-17-37(28)32(23-27)30-15-19-38-18-14-25(36(42)43-6-3)10-12-33(30)39-37/h7-9,11,13,15,17-19,21-22,25,27,29,35H,4-6,10,12,14,16,20,23-24H2,1-3H3. The Kier molecular flexibility index (Phi) is 7.58. The summed E-state index contributed by atoms with van der Waals surface area (Å²) >= 11 is 0. The van der Waals surface area contributed by atoms with E-state index < -0.39 is 5.54 Å². The van der Waals surface area contributed by atoms with Gasteiger partial charge in [0.1, 0.15) is 5.54 Å². The molecule has 1 fully saturated rings. The number of benzene rings is 1. The van der Waals surface area contributed by atoms with Gasteiger partial charge in [-0.15, -0.1) is 0 Å². The molecule has 1 aromatic rings. The van der Waals surface area contributed by atoms with E-state index in [1.165, 1.54) is 40.9 Å². The molecule has 4 aliphatic heterocycles. The molecule has 0 saturated carbocycles. The first-order chi connectivity index (χ1) is 21.1. The Bertz CT molecular complexity index is 1510. The lowest BCUT2D eigenvalue weighted by Gasteiger charge is -2.38. The van der Waals surface area contributed by atoms with Crippen LogP contribution in [0.4, 0.5) is 5.69 Å². The minimum Gasteiger partial charge on any atom is -0.466 e. The van der Waals surface area contributed by atoms with Crippen molar-refractivity contribution in [3.05, 3.63) is 88.7 Å². The monoisotopic (exact) mass is 576 g/mol. The van der Waals surface area contributed by atoms with Gasteiger partial charge >= 0.3 is 5.97 Å². The highest BCUT2D eigenvalue weighted by Gasteiger charge is 2.46. The first-order valence-corrected chi connectivity index (χ1v) is 16.4. The third-order valence-corrected chi connectivity index (χ3v) is 10.6. The lowest BCUT2D eigenvalue weighted by Crippen LogP contribution is -2.48. The van der Waals surface area contributed by atoms with Gasteiger partial charge < -0.3 is 14.5 Å². The van der Waals surface area contributed by atoms with E-state index in [0.29, 0.717) is 31.4 Å². The van der Waals surface area contributed by atoms with Crippen LogP contribution in [0.2, 0.25) is 0 Å². The lowest BCUT2D eigenvalue weighted by molar-refractivity contribution is -0.147. The fourth-order valence-electron chi connectivity index (χ4n) is 8.40. The van der Waals surface area contributed by atoms with Crippen molar-refractivity contribution in [2.75, 3.05) is 37.7 Å². The number of ether oxygens (including phenoxy) is 1. The maximum absolute atomic E-state index is 12.7. The molecular weight excluding hydrogens is 532 g/mol. The zero-order chi connectivity index (χ0) is 29.6. The predicted molar refractivity (Wildman–Crippen MR) is 175 cm³/mol. The summed E-state index contributed by atoms with van der Waals surface area (Å²) < 4.78 is 5.39. The van der Waals surface area contributed by atoms with E-state index in [0.717, 1.165) is 38.2 Å². The smallest absolute Gasteiger partial charge is 0.309 e. The third-order valence-electron chi connectivity index (χ3n) is 10.6. The van der Waals surface area contributed by atoms with Gasteiger partial charge in [0.25, 0.3) is 0 Å². The summed E-state index contributed by atoms with van der Waals surface area (Å²) in [7, 11) is 0. The van der Waals surface area contributed by atoms with Crippen LogP contribution < -0.4 is 4.90 Å². The number of allylic oxidation sites excluding steroid dienone is 5. The van der Waals surface area contributed by atoms with Crippen LogP contribution in [0, 0.1) is 5.92 Å². The number of carbonyl (C=O) groups is 1. The first kappa shape index (κ1) is 28.3. The molecule has 224 valence electrons. The number of esters is 1. The number of rotatable bonds is 5. The number of aliphatic imine (C=N–C) groups is 2. The Labute approximate surface area is 256 Å². The zero-order valence-corrected chi connectivity index (χ0v) is 25.8. The van der Waals surface area contributed by atoms with Crippen molar-refractivity contribution in [3.8, 4) is 0 Å². The number of likely N-dealkylation sites (N-methyl/N-ethyl adjacent to an activating group) is 2. The van der Waals surface area contributed by atoms with Crippen molar-refractivity contribution >= 4 is 23.6 Å². The van der Waals surface area contributed by atoms with Gasteiger partial charge in [0, 0.05) is 54.8 Å². The minimum absolute atomic E-state index is 0.135. The molecule has 1 aromatic carbocycles. The zero-order valence-electron chi connectivity index (χ0n) is 25.8. The van der Waals surface area contributed by atoms with E-state index in [1.807, 2.05) is 19.3 Å². The first-order valence-electron chi connectivity index (χ1n) is 16.4. The highest BCUT2D eigenvalue weighted by atomic mass is 16.5. The highest BCUT2D eigenvalue weighted by Crippen LogP contribution is 2.52. The summed E-state index contributed by atoms with van der Waals surface area (Å²) in [5, 5.41) is 0. The van der Waals surface area contributed by atoms with Gasteiger partial charge in [0.2, 0.25) is 0 Å². The fraction of sp³-hybridized carbons (Fsp3) is 0.486. The predicted octanol–water partition coefficient (Wildman–Crippen LogP) is 6.68. The average molecular weight is 577 g/mol. The van der Waals surface area contributed by atoms with Crippen molar-refractivity contribution in [3.63, 3.8) is 0 Å². The van der Waals surface area contributed by atoms with Gasteiger partial charge in [-0.1, -0.05) is 43.4 Å². The van der Waals surface area contributed by atoms with E-state index >= 15 is 0 Å². The molecule has 1 spiro atoms. The van der Waals surface area contributed by atoms with Crippen LogP contribution in [0.25, 0.3) is 0 Å². The van der Waals surface area contributed by atoms with E-state index in [2.05, 4.69) is 83.3 Å². The summed E-state index contributed by atoms with van der Waals surface area (Å²) in [6.45, 7) is 11.4. The molecule has 6 nitrogen and oxygen atoms in total. The summed E-state index contributed by atoms with van der Waals surface area (Å²) in [5.74, 6) is 0.561. The lowest BCUT2D eigenvalue weighted by atomic mass is 9.69. The van der Waals surface area contributed by atoms with E-state index in [1.54, 1.807) is 5.56 Å². The number of likely N-dealkylation sites (tertiary alicyclic amines) is 1. The van der Waals surface area contributed by atoms with Gasteiger partial charge in [0.15, 0.2) is 0 Å². The number of hydrogen-bond acceptors (Lipinski definition) is 6. The Morgan fingerprint density at radius 3 is 2.86 bits per heavy atom. The molecule has 0 radical (unpaired) electrons. The number of anilines is 1. The Morgan fingerprint density at radius 1 is 1.12 bits per heavy atom. The van der Waals surface area contributed by atoms with Crippen LogP contribution in [0.5, 0.6) is 0 Å². The Morgan fingerprint density at radius 2 is 2.02 bits per heavy atom. The second kappa shape index (κ2) is 11.5. The summed E-state index contributed by atoms with van der Waals surface area (Å²) in [6, 6.07) is 7.91. The molecule has 0 N–H and O–H groups in total. The molecular formula is C37H44N4O2. The van der Waals surface area contributed by atoms with Gasteiger partial charge in [-0.25, -0.2) is 0 Å². The molecule has 5 unspecified atom stereocenters. The van der Waals surface area contributed by atoms with Crippen LogP contribution in [-0.2, 0) is 9.53 Å². The Hall–Kier alpha value is -3.51. The fourth-order valence-corrected chi connectivity index (χ4v) is 8.40. The van der Waals surface area contributed by atoms with Gasteiger partial charge in [0.05, 0.1) is 12.5 Å². The second-order valence-electron chi connectivity index (χ2n) is 12.7. The maximum Gasteiger partial charge on any atom is 0.309 e. The molecule has 5 atom stereocenters. The minimum atomic E-state index is -0.453. The third kappa shape index (κ3) is 4.79.